The standard InChI is InChI=1S/C7H10O2S3/c1-5-2-11-4-6(12-3-5)9-7(8)10/h6H,1-4H2,(H,8,10). The van der Waals surface area contributed by atoms with E-state index in [2.05, 4.69) is 19.2 Å². The third-order valence-electron chi connectivity index (χ3n) is 1.27. The average Bonchev–Trinajstić information content (AvgIpc) is 2.15. The molecule has 0 aromatic rings. The second kappa shape index (κ2) is 5.09. The second-order valence-electron chi connectivity index (χ2n) is 2.39. The Morgan fingerprint density at radius 1 is 1.67 bits per heavy atom. The summed E-state index contributed by atoms with van der Waals surface area (Å²) in [4.78, 5) is 10.5. The summed E-state index contributed by atoms with van der Waals surface area (Å²) in [6, 6.07) is 0. The Balaban J connectivity index is 2.35. The predicted molar refractivity (Wildman–Crippen MR) is 58.2 cm³/mol. The normalized spacial score (nSPS) is 24.8. The largest absolute Gasteiger partial charge is 0.442 e. The van der Waals surface area contributed by atoms with Crippen molar-refractivity contribution in [2.24, 2.45) is 0 Å². The number of carbonyl (C=O) groups excluding carboxylic acids is 1. The zero-order chi connectivity index (χ0) is 8.97. The molecule has 1 aliphatic heterocycles. The smallest absolute Gasteiger partial charge is 0.365 e. The summed E-state index contributed by atoms with van der Waals surface area (Å²) in [5.41, 5.74) is 1.14. The van der Waals surface area contributed by atoms with E-state index in [0.717, 1.165) is 17.3 Å². The third kappa shape index (κ3) is 3.78. The molecule has 1 unspecified atom stereocenters. The minimum Gasteiger partial charge on any atom is -0.442 e. The van der Waals surface area contributed by atoms with Gasteiger partial charge in [-0.3, -0.25) is 0 Å². The highest BCUT2D eigenvalue weighted by atomic mass is 32.2. The maximum atomic E-state index is 10.5. The van der Waals surface area contributed by atoms with Crippen LogP contribution in [0, 0.1) is 0 Å². The number of hydrogen-bond acceptors (Lipinski definition) is 4. The summed E-state index contributed by atoms with van der Waals surface area (Å²) in [6.45, 7) is 3.89. The Labute approximate surface area is 85.9 Å². The molecule has 0 amide bonds. The maximum Gasteiger partial charge on any atom is 0.365 e. The van der Waals surface area contributed by atoms with E-state index < -0.39 is 5.30 Å². The molecule has 2 nitrogen and oxygen atoms in total. The van der Waals surface area contributed by atoms with Gasteiger partial charge in [-0.25, -0.2) is 4.79 Å². The number of thioether (sulfide) groups is 2. The van der Waals surface area contributed by atoms with Crippen LogP contribution in [0.3, 0.4) is 0 Å². The highest BCUT2D eigenvalue weighted by molar-refractivity contribution is 8.04. The predicted octanol–water partition coefficient (Wildman–Crippen LogP) is 2.42. The fourth-order valence-electron chi connectivity index (χ4n) is 0.781. The second-order valence-corrected chi connectivity index (χ2v) is 4.93. The van der Waals surface area contributed by atoms with E-state index in [-0.39, 0.29) is 5.44 Å². The van der Waals surface area contributed by atoms with Crippen LogP contribution in [0.5, 0.6) is 0 Å². The molecular weight excluding hydrogens is 212 g/mol. The molecule has 0 N–H and O–H groups in total. The first-order valence-corrected chi connectivity index (χ1v) is 6.09. The van der Waals surface area contributed by atoms with Gasteiger partial charge in [0.25, 0.3) is 0 Å². The summed E-state index contributed by atoms with van der Waals surface area (Å²) >= 11 is 6.91. The van der Waals surface area contributed by atoms with E-state index in [4.69, 9.17) is 4.74 Å². The van der Waals surface area contributed by atoms with Crippen LogP contribution in [0.2, 0.25) is 0 Å². The van der Waals surface area contributed by atoms with Gasteiger partial charge in [0, 0.05) is 17.3 Å². The van der Waals surface area contributed by atoms with Crippen molar-refractivity contribution in [3.8, 4) is 0 Å². The summed E-state index contributed by atoms with van der Waals surface area (Å²) in [5.74, 6) is 2.67. The lowest BCUT2D eigenvalue weighted by molar-refractivity contribution is 0.172. The first-order chi connectivity index (χ1) is 5.68. The molecule has 12 heavy (non-hydrogen) atoms. The molecule has 1 saturated heterocycles. The molecule has 1 aliphatic rings. The number of carbonyl (C=O) groups is 1. The van der Waals surface area contributed by atoms with Crippen LogP contribution in [0.1, 0.15) is 0 Å². The Morgan fingerprint density at radius 3 is 3.08 bits per heavy atom. The molecule has 0 saturated carbocycles. The summed E-state index contributed by atoms with van der Waals surface area (Å²) < 4.78 is 4.95. The van der Waals surface area contributed by atoms with Crippen molar-refractivity contribution < 1.29 is 9.53 Å². The first-order valence-electron chi connectivity index (χ1n) is 3.44. The molecule has 1 heterocycles. The molecule has 1 atom stereocenters. The fraction of sp³-hybridized carbons (Fsp3) is 0.571. The van der Waals surface area contributed by atoms with Crippen LogP contribution in [-0.2, 0) is 4.74 Å². The molecule has 0 aliphatic carbocycles. The van der Waals surface area contributed by atoms with Gasteiger partial charge in [-0.1, -0.05) is 24.8 Å². The van der Waals surface area contributed by atoms with Gasteiger partial charge in [0.05, 0.1) is 0 Å². The van der Waals surface area contributed by atoms with Gasteiger partial charge in [-0.2, -0.15) is 11.8 Å². The van der Waals surface area contributed by atoms with Crippen LogP contribution in [-0.4, -0.2) is 28.0 Å². The zero-order valence-corrected chi connectivity index (χ0v) is 9.01. The van der Waals surface area contributed by atoms with Crippen molar-refractivity contribution in [2.45, 2.75) is 5.44 Å². The van der Waals surface area contributed by atoms with Gasteiger partial charge in [-0.15, -0.1) is 11.8 Å². The molecule has 68 valence electrons. The third-order valence-corrected chi connectivity index (χ3v) is 3.94. The van der Waals surface area contributed by atoms with Crippen molar-refractivity contribution >= 4 is 41.5 Å². The SMILES string of the molecule is C=C1CSCC(OC(=O)S)SC1. The Morgan fingerprint density at radius 2 is 2.42 bits per heavy atom. The number of hydrogen-bond donors (Lipinski definition) is 1. The summed E-state index contributed by atoms with van der Waals surface area (Å²) in [7, 11) is 0. The number of thiol groups is 1. The van der Waals surface area contributed by atoms with Crippen molar-refractivity contribution in [3.05, 3.63) is 12.2 Å². The average molecular weight is 222 g/mol. The fourth-order valence-corrected chi connectivity index (χ4v) is 3.23. The monoisotopic (exact) mass is 222 g/mol. The Kier molecular flexibility index (Phi) is 4.39. The van der Waals surface area contributed by atoms with E-state index in [1.54, 1.807) is 23.5 Å². The van der Waals surface area contributed by atoms with Crippen molar-refractivity contribution in [1.29, 1.82) is 0 Å². The lowest BCUT2D eigenvalue weighted by Crippen LogP contribution is -2.12. The van der Waals surface area contributed by atoms with Crippen LogP contribution in [0.4, 0.5) is 4.79 Å². The summed E-state index contributed by atoms with van der Waals surface area (Å²) in [5, 5.41) is -0.499. The Bertz CT molecular complexity index is 193. The van der Waals surface area contributed by atoms with Gasteiger partial charge in [0.1, 0.15) is 0 Å². The van der Waals surface area contributed by atoms with Gasteiger partial charge in [0.2, 0.25) is 0 Å². The molecule has 0 aromatic carbocycles. The van der Waals surface area contributed by atoms with Crippen LogP contribution in [0.15, 0.2) is 12.2 Å². The van der Waals surface area contributed by atoms with Gasteiger partial charge >= 0.3 is 5.30 Å². The van der Waals surface area contributed by atoms with Crippen molar-refractivity contribution in [3.63, 3.8) is 0 Å². The zero-order valence-electron chi connectivity index (χ0n) is 6.49. The van der Waals surface area contributed by atoms with E-state index in [1.807, 2.05) is 0 Å². The highest BCUT2D eigenvalue weighted by Gasteiger charge is 2.16. The van der Waals surface area contributed by atoms with Gasteiger partial charge in [0.15, 0.2) is 5.44 Å². The van der Waals surface area contributed by atoms with Gasteiger partial charge < -0.3 is 4.74 Å². The Hall–Kier alpha value is 0.260. The van der Waals surface area contributed by atoms with E-state index >= 15 is 0 Å². The topological polar surface area (TPSA) is 26.3 Å². The molecular formula is C7H10O2S3. The lowest BCUT2D eigenvalue weighted by atomic mass is 10.4. The van der Waals surface area contributed by atoms with Crippen LogP contribution >= 0.6 is 36.2 Å². The summed E-state index contributed by atoms with van der Waals surface area (Å²) in [6.07, 6.45) is 0. The number of ether oxygens (including phenoxy) is 1. The molecule has 0 spiro atoms. The molecule has 0 radical (unpaired) electrons. The number of rotatable bonds is 1. The molecule has 0 aromatic heterocycles. The maximum absolute atomic E-state index is 10.5. The van der Waals surface area contributed by atoms with Crippen LogP contribution < -0.4 is 0 Å². The molecule has 0 bridgehead atoms. The molecule has 5 heteroatoms. The first kappa shape index (κ1) is 10.3. The van der Waals surface area contributed by atoms with E-state index in [1.165, 1.54) is 5.57 Å². The van der Waals surface area contributed by atoms with Gasteiger partial charge in [-0.05, 0) is 0 Å². The molecule has 1 rings (SSSR count). The van der Waals surface area contributed by atoms with Crippen molar-refractivity contribution in [1.82, 2.24) is 0 Å². The van der Waals surface area contributed by atoms with E-state index in [9.17, 15) is 4.79 Å². The minimum atomic E-state index is -0.499. The highest BCUT2D eigenvalue weighted by Crippen LogP contribution is 2.26. The van der Waals surface area contributed by atoms with E-state index in [0.29, 0.717) is 0 Å². The van der Waals surface area contributed by atoms with Crippen molar-refractivity contribution in [2.75, 3.05) is 17.3 Å². The minimum absolute atomic E-state index is 0.0563. The molecule has 1 fully saturated rings. The lowest BCUT2D eigenvalue weighted by Gasteiger charge is -2.11. The van der Waals surface area contributed by atoms with Crippen LogP contribution in [0.25, 0.3) is 0 Å². The quantitative estimate of drug-likeness (QED) is 0.419.